The second-order valence-electron chi connectivity index (χ2n) is 5.62. The Balaban J connectivity index is 4.35. The molecule has 0 radical (unpaired) electrons. The Kier molecular flexibility index (Phi) is 4.19. The van der Waals surface area contributed by atoms with Crippen LogP contribution >= 0.6 is 0 Å². The molecule has 0 aromatic carbocycles. The van der Waals surface area contributed by atoms with E-state index in [1.165, 1.54) is 0 Å². The molecular weight excluding hydrogens is 174 g/mol. The van der Waals surface area contributed by atoms with Crippen molar-refractivity contribution in [1.29, 1.82) is 0 Å². The normalized spacial score (nSPS) is 12.8. The van der Waals surface area contributed by atoms with Gasteiger partial charge in [0.25, 0.3) is 0 Å². The SMILES string of the molecule is C=C(C)N(CCC(C)(C)O)C(C)(C)C. The van der Waals surface area contributed by atoms with Crippen LogP contribution in [0.15, 0.2) is 12.3 Å². The standard InChI is InChI=1S/C12H25NO/c1-10(2)13(11(3,4)5)9-8-12(6,7)14/h14H,1,8-9H2,2-7H3. The van der Waals surface area contributed by atoms with Crippen LogP contribution in [0.3, 0.4) is 0 Å². The second kappa shape index (κ2) is 4.35. The van der Waals surface area contributed by atoms with E-state index < -0.39 is 5.60 Å². The summed E-state index contributed by atoms with van der Waals surface area (Å²) in [5.41, 5.74) is 0.539. The summed E-state index contributed by atoms with van der Waals surface area (Å²) in [4.78, 5) is 2.23. The molecule has 0 unspecified atom stereocenters. The highest BCUT2D eigenvalue weighted by atomic mass is 16.3. The maximum absolute atomic E-state index is 9.66. The second-order valence-corrected chi connectivity index (χ2v) is 5.62. The molecular formula is C12H25NO. The van der Waals surface area contributed by atoms with Crippen molar-refractivity contribution in [2.45, 2.75) is 59.1 Å². The van der Waals surface area contributed by atoms with Gasteiger partial charge in [-0.25, -0.2) is 0 Å². The number of hydrogen-bond donors (Lipinski definition) is 1. The predicted octanol–water partition coefficient (Wildman–Crippen LogP) is 2.78. The lowest BCUT2D eigenvalue weighted by Crippen LogP contribution is -2.42. The molecule has 0 aromatic heterocycles. The molecule has 1 N–H and O–H groups in total. The molecule has 0 bridgehead atoms. The number of allylic oxidation sites excluding steroid dienone is 1. The van der Waals surface area contributed by atoms with E-state index in [0.29, 0.717) is 0 Å². The van der Waals surface area contributed by atoms with Crippen LogP contribution in [0.25, 0.3) is 0 Å². The van der Waals surface area contributed by atoms with Gasteiger partial charge in [0.05, 0.1) is 5.60 Å². The van der Waals surface area contributed by atoms with Crippen LogP contribution in [0.4, 0.5) is 0 Å². The Morgan fingerprint density at radius 2 is 1.64 bits per heavy atom. The average Bonchev–Trinajstić information content (AvgIpc) is 1.79. The topological polar surface area (TPSA) is 23.5 Å². The third kappa shape index (κ3) is 5.28. The molecule has 0 spiro atoms. The molecule has 2 nitrogen and oxygen atoms in total. The van der Waals surface area contributed by atoms with Crippen LogP contribution in [0.5, 0.6) is 0 Å². The van der Waals surface area contributed by atoms with E-state index in [9.17, 15) is 5.11 Å². The fourth-order valence-electron chi connectivity index (χ4n) is 1.48. The van der Waals surface area contributed by atoms with Gasteiger partial charge in [0.15, 0.2) is 0 Å². The molecule has 0 heterocycles. The maximum atomic E-state index is 9.66. The predicted molar refractivity (Wildman–Crippen MR) is 62.2 cm³/mol. The van der Waals surface area contributed by atoms with Crippen molar-refractivity contribution in [3.8, 4) is 0 Å². The van der Waals surface area contributed by atoms with Gasteiger partial charge < -0.3 is 10.0 Å². The fourth-order valence-corrected chi connectivity index (χ4v) is 1.48. The van der Waals surface area contributed by atoms with Gasteiger partial charge in [-0.2, -0.15) is 0 Å². The van der Waals surface area contributed by atoms with Crippen molar-refractivity contribution in [2.24, 2.45) is 0 Å². The first-order valence-corrected chi connectivity index (χ1v) is 5.19. The summed E-state index contributed by atoms with van der Waals surface area (Å²) in [6.07, 6.45) is 0.761. The molecule has 0 amide bonds. The van der Waals surface area contributed by atoms with Gasteiger partial charge >= 0.3 is 0 Å². The van der Waals surface area contributed by atoms with Crippen LogP contribution in [-0.2, 0) is 0 Å². The van der Waals surface area contributed by atoms with Crippen LogP contribution < -0.4 is 0 Å². The van der Waals surface area contributed by atoms with E-state index >= 15 is 0 Å². The van der Waals surface area contributed by atoms with Gasteiger partial charge in [0.2, 0.25) is 0 Å². The fraction of sp³-hybridized carbons (Fsp3) is 0.833. The van der Waals surface area contributed by atoms with Gasteiger partial charge in [-0.15, -0.1) is 0 Å². The molecule has 0 aliphatic carbocycles. The van der Waals surface area contributed by atoms with Gasteiger partial charge in [-0.05, 0) is 48.0 Å². The number of rotatable bonds is 4. The average molecular weight is 199 g/mol. The lowest BCUT2D eigenvalue weighted by Gasteiger charge is -2.39. The maximum Gasteiger partial charge on any atom is 0.0608 e. The van der Waals surface area contributed by atoms with Crippen molar-refractivity contribution in [3.63, 3.8) is 0 Å². The molecule has 0 rings (SSSR count). The summed E-state index contributed by atoms with van der Waals surface area (Å²) in [7, 11) is 0. The van der Waals surface area contributed by atoms with Crippen molar-refractivity contribution in [2.75, 3.05) is 6.54 Å². The zero-order chi connectivity index (χ0) is 11.6. The summed E-state index contributed by atoms with van der Waals surface area (Å²) >= 11 is 0. The molecule has 0 fully saturated rings. The first kappa shape index (κ1) is 13.5. The highest BCUT2D eigenvalue weighted by molar-refractivity contribution is 4.96. The van der Waals surface area contributed by atoms with Crippen LogP contribution in [0.1, 0.15) is 48.0 Å². The van der Waals surface area contributed by atoms with Gasteiger partial charge in [-0.3, -0.25) is 0 Å². The number of nitrogens with zero attached hydrogens (tertiary/aromatic N) is 1. The molecule has 84 valence electrons. The van der Waals surface area contributed by atoms with E-state index in [-0.39, 0.29) is 5.54 Å². The van der Waals surface area contributed by atoms with E-state index in [4.69, 9.17) is 0 Å². The Bertz CT molecular complexity index is 195. The molecule has 0 saturated heterocycles. The van der Waals surface area contributed by atoms with Crippen molar-refractivity contribution >= 4 is 0 Å². The van der Waals surface area contributed by atoms with Crippen LogP contribution in [0, 0.1) is 0 Å². The van der Waals surface area contributed by atoms with E-state index in [2.05, 4.69) is 32.3 Å². The van der Waals surface area contributed by atoms with Crippen LogP contribution in [-0.4, -0.2) is 27.7 Å². The summed E-state index contributed by atoms with van der Waals surface area (Å²) in [6.45, 7) is 17.0. The molecule has 0 atom stereocenters. The quantitative estimate of drug-likeness (QED) is 0.752. The first-order valence-electron chi connectivity index (χ1n) is 5.19. The number of aliphatic hydroxyl groups is 1. The van der Waals surface area contributed by atoms with Gasteiger partial charge in [0.1, 0.15) is 0 Å². The van der Waals surface area contributed by atoms with E-state index in [1.807, 2.05) is 20.8 Å². The monoisotopic (exact) mass is 199 g/mol. The highest BCUT2D eigenvalue weighted by Gasteiger charge is 2.23. The molecule has 0 aromatic rings. The minimum absolute atomic E-state index is 0.0804. The van der Waals surface area contributed by atoms with Crippen molar-refractivity contribution in [1.82, 2.24) is 4.90 Å². The minimum atomic E-state index is -0.598. The summed E-state index contributed by atoms with van der Waals surface area (Å²) in [5.74, 6) is 0. The largest absolute Gasteiger partial charge is 0.390 e. The molecule has 0 aliphatic heterocycles. The van der Waals surface area contributed by atoms with Gasteiger partial charge in [-0.1, -0.05) is 6.58 Å². The summed E-state index contributed by atoms with van der Waals surface area (Å²) < 4.78 is 0. The lowest BCUT2D eigenvalue weighted by molar-refractivity contribution is 0.0506. The Morgan fingerprint density at radius 1 is 1.21 bits per heavy atom. The van der Waals surface area contributed by atoms with E-state index in [1.54, 1.807) is 0 Å². The van der Waals surface area contributed by atoms with Gasteiger partial charge in [0, 0.05) is 17.8 Å². The molecule has 2 heteroatoms. The Labute approximate surface area is 88.6 Å². The minimum Gasteiger partial charge on any atom is -0.390 e. The Hall–Kier alpha value is -0.500. The zero-order valence-corrected chi connectivity index (χ0v) is 10.5. The van der Waals surface area contributed by atoms with Crippen molar-refractivity contribution in [3.05, 3.63) is 12.3 Å². The summed E-state index contributed by atoms with van der Waals surface area (Å²) in [6, 6.07) is 0. The Morgan fingerprint density at radius 3 is 1.86 bits per heavy atom. The van der Waals surface area contributed by atoms with Crippen molar-refractivity contribution < 1.29 is 5.11 Å². The first-order chi connectivity index (χ1) is 6.04. The number of hydrogen-bond acceptors (Lipinski definition) is 2. The van der Waals surface area contributed by atoms with Crippen LogP contribution in [0.2, 0.25) is 0 Å². The van der Waals surface area contributed by atoms with E-state index in [0.717, 1.165) is 18.7 Å². The zero-order valence-electron chi connectivity index (χ0n) is 10.5. The summed E-state index contributed by atoms with van der Waals surface area (Å²) in [5, 5.41) is 9.66. The lowest BCUT2D eigenvalue weighted by atomic mass is 10.0. The molecule has 0 aliphatic rings. The molecule has 0 saturated carbocycles. The third-order valence-electron chi connectivity index (χ3n) is 2.22. The third-order valence-corrected chi connectivity index (χ3v) is 2.22. The molecule has 14 heavy (non-hydrogen) atoms. The smallest absolute Gasteiger partial charge is 0.0608 e. The highest BCUT2D eigenvalue weighted by Crippen LogP contribution is 2.20.